The Hall–Kier alpha value is -1.57. The zero-order valence-electron chi connectivity index (χ0n) is 9.05. The number of aromatic nitrogens is 2. The Kier molecular flexibility index (Phi) is 3.05. The van der Waals surface area contributed by atoms with Gasteiger partial charge in [0, 0.05) is 0 Å². The minimum atomic E-state index is -4.93. The van der Waals surface area contributed by atoms with E-state index in [4.69, 9.17) is 0 Å². The van der Waals surface area contributed by atoms with Crippen molar-refractivity contribution in [3.8, 4) is 0 Å². The topological polar surface area (TPSA) is 46.4 Å². The van der Waals surface area contributed by atoms with Gasteiger partial charge in [0.25, 0.3) is 0 Å². The molecule has 1 amide bonds. The van der Waals surface area contributed by atoms with Crippen molar-refractivity contribution in [3.63, 3.8) is 0 Å². The Morgan fingerprint density at radius 1 is 1.44 bits per heavy atom. The van der Waals surface area contributed by atoms with Crippen LogP contribution in [-0.4, -0.2) is 21.5 Å². The molecule has 2 aromatic heterocycles. The first-order valence-corrected chi connectivity index (χ1v) is 5.62. The summed E-state index contributed by atoms with van der Waals surface area (Å²) in [5, 5.41) is 1.76. The van der Waals surface area contributed by atoms with Crippen LogP contribution in [0.5, 0.6) is 0 Å². The minimum absolute atomic E-state index is 0.115. The van der Waals surface area contributed by atoms with Gasteiger partial charge in [-0.25, -0.2) is 4.98 Å². The van der Waals surface area contributed by atoms with Gasteiger partial charge in [-0.05, 0) is 35.0 Å². The van der Waals surface area contributed by atoms with Gasteiger partial charge >= 0.3 is 12.1 Å². The highest BCUT2D eigenvalue weighted by atomic mass is 79.9. The molecule has 0 saturated heterocycles. The predicted octanol–water partition coefficient (Wildman–Crippen LogP) is 2.91. The molecule has 0 aliphatic rings. The summed E-state index contributed by atoms with van der Waals surface area (Å²) in [6, 6.07) is 4.93. The van der Waals surface area contributed by atoms with Crippen LogP contribution in [0.4, 0.5) is 19.0 Å². The molecule has 2 rings (SSSR count). The van der Waals surface area contributed by atoms with Gasteiger partial charge in [0.15, 0.2) is 5.82 Å². The van der Waals surface area contributed by atoms with Crippen LogP contribution in [0.15, 0.2) is 22.8 Å². The molecular weight excluding hydrogens is 315 g/mol. The van der Waals surface area contributed by atoms with Crippen molar-refractivity contribution >= 4 is 33.2 Å². The zero-order valence-corrected chi connectivity index (χ0v) is 10.6. The van der Waals surface area contributed by atoms with Crippen LogP contribution in [0.25, 0.3) is 5.52 Å². The third-order valence-corrected chi connectivity index (χ3v) is 2.89. The monoisotopic (exact) mass is 321 g/mol. The van der Waals surface area contributed by atoms with Gasteiger partial charge in [-0.2, -0.15) is 13.2 Å². The molecule has 0 unspecified atom stereocenters. The lowest BCUT2D eigenvalue weighted by molar-refractivity contribution is -0.167. The number of aryl methyl sites for hydroxylation is 1. The second kappa shape index (κ2) is 4.27. The predicted molar refractivity (Wildman–Crippen MR) is 62.3 cm³/mol. The Labute approximate surface area is 108 Å². The molecule has 0 bridgehead atoms. The minimum Gasteiger partial charge on any atom is -0.301 e. The van der Waals surface area contributed by atoms with E-state index < -0.39 is 12.1 Å². The second-order valence-corrected chi connectivity index (χ2v) is 4.34. The van der Waals surface area contributed by atoms with Gasteiger partial charge in [0.1, 0.15) is 5.82 Å². The first-order chi connectivity index (χ1) is 8.30. The summed E-state index contributed by atoms with van der Waals surface area (Å²) in [4.78, 5) is 14.8. The van der Waals surface area contributed by atoms with Gasteiger partial charge in [0.2, 0.25) is 0 Å². The zero-order chi connectivity index (χ0) is 13.5. The van der Waals surface area contributed by atoms with Gasteiger partial charge < -0.3 is 5.32 Å². The molecule has 4 nitrogen and oxygen atoms in total. The Morgan fingerprint density at radius 3 is 2.72 bits per heavy atom. The molecule has 2 heterocycles. The van der Waals surface area contributed by atoms with E-state index >= 15 is 0 Å². The Morgan fingerprint density at radius 2 is 2.11 bits per heavy atom. The Bertz CT molecular complexity index is 621. The van der Waals surface area contributed by atoms with Crippen molar-refractivity contribution in [2.45, 2.75) is 13.1 Å². The number of rotatable bonds is 1. The van der Waals surface area contributed by atoms with Crippen molar-refractivity contribution in [2.24, 2.45) is 0 Å². The van der Waals surface area contributed by atoms with Gasteiger partial charge in [0.05, 0.1) is 10.1 Å². The molecule has 2 aromatic rings. The number of nitrogens with zero attached hydrogens (tertiary/aromatic N) is 2. The summed E-state index contributed by atoms with van der Waals surface area (Å²) in [6.45, 7) is 1.63. The average Bonchev–Trinajstić information content (AvgIpc) is 2.56. The summed E-state index contributed by atoms with van der Waals surface area (Å²) in [5.41, 5.74) is 0.388. The highest BCUT2D eigenvalue weighted by molar-refractivity contribution is 9.10. The molecule has 0 radical (unpaired) electrons. The van der Waals surface area contributed by atoms with Crippen LogP contribution in [-0.2, 0) is 4.79 Å². The standard InChI is InChI=1S/C10H7BrF3N3O/c1-5-15-8(16-9(18)10(12,13)14)6-3-2-4-7(11)17(5)6/h2-4H,1H3,(H,16,18). The summed E-state index contributed by atoms with van der Waals surface area (Å²) in [6.07, 6.45) is -4.93. The first-order valence-electron chi connectivity index (χ1n) is 4.82. The van der Waals surface area contributed by atoms with E-state index in [9.17, 15) is 18.0 Å². The fourth-order valence-corrected chi connectivity index (χ4v) is 2.14. The van der Waals surface area contributed by atoms with Gasteiger partial charge in [-0.15, -0.1) is 0 Å². The van der Waals surface area contributed by atoms with Crippen LogP contribution in [0.2, 0.25) is 0 Å². The van der Waals surface area contributed by atoms with Crippen LogP contribution >= 0.6 is 15.9 Å². The third kappa shape index (κ3) is 2.20. The van der Waals surface area contributed by atoms with Crippen molar-refractivity contribution in [1.29, 1.82) is 0 Å². The van der Waals surface area contributed by atoms with Crippen LogP contribution in [0.3, 0.4) is 0 Å². The number of carbonyl (C=O) groups excluding carboxylic acids is 1. The molecule has 1 N–H and O–H groups in total. The van der Waals surface area contributed by atoms with E-state index in [0.717, 1.165) is 0 Å². The molecule has 0 aliphatic heterocycles. The summed E-state index contributed by atoms with van der Waals surface area (Å²) in [7, 11) is 0. The maximum Gasteiger partial charge on any atom is 0.471 e. The number of carbonyl (C=O) groups is 1. The molecule has 8 heteroatoms. The van der Waals surface area contributed by atoms with Crippen molar-refractivity contribution in [1.82, 2.24) is 9.38 Å². The van der Waals surface area contributed by atoms with Crippen molar-refractivity contribution in [2.75, 3.05) is 5.32 Å². The van der Waals surface area contributed by atoms with Crippen molar-refractivity contribution < 1.29 is 18.0 Å². The SMILES string of the molecule is Cc1nc(NC(=O)C(F)(F)F)c2cccc(Br)n12. The lowest BCUT2D eigenvalue weighted by atomic mass is 10.4. The first kappa shape index (κ1) is 12.9. The van der Waals surface area contributed by atoms with E-state index in [0.29, 0.717) is 15.9 Å². The number of anilines is 1. The number of amides is 1. The smallest absolute Gasteiger partial charge is 0.301 e. The number of alkyl halides is 3. The number of hydrogen-bond donors (Lipinski definition) is 1. The largest absolute Gasteiger partial charge is 0.471 e. The molecule has 0 aromatic carbocycles. The number of nitrogens with one attached hydrogen (secondary N) is 1. The highest BCUT2D eigenvalue weighted by Gasteiger charge is 2.39. The number of fused-ring (bicyclic) bond motifs is 1. The number of pyridine rings is 1. The van der Waals surface area contributed by atoms with Crippen LogP contribution < -0.4 is 5.32 Å². The number of imidazole rings is 1. The molecule has 0 spiro atoms. The molecule has 96 valence electrons. The summed E-state index contributed by atoms with van der Waals surface area (Å²) in [5.74, 6) is -1.69. The summed E-state index contributed by atoms with van der Waals surface area (Å²) < 4.78 is 38.7. The van der Waals surface area contributed by atoms with Crippen LogP contribution in [0.1, 0.15) is 5.82 Å². The highest BCUT2D eigenvalue weighted by Crippen LogP contribution is 2.24. The van der Waals surface area contributed by atoms with E-state index in [1.165, 1.54) is 0 Å². The molecule has 0 atom stereocenters. The second-order valence-electron chi connectivity index (χ2n) is 3.53. The maximum absolute atomic E-state index is 12.2. The molecule has 18 heavy (non-hydrogen) atoms. The fraction of sp³-hybridized carbons (Fsp3) is 0.200. The lowest BCUT2D eigenvalue weighted by Gasteiger charge is -2.05. The molecule has 0 fully saturated rings. The summed E-state index contributed by atoms with van der Waals surface area (Å²) >= 11 is 3.25. The van der Waals surface area contributed by atoms with E-state index in [2.05, 4.69) is 20.9 Å². The maximum atomic E-state index is 12.2. The van der Waals surface area contributed by atoms with E-state index in [1.807, 2.05) is 0 Å². The number of halogens is 4. The Balaban J connectivity index is 2.48. The molecular formula is C10H7BrF3N3O. The van der Waals surface area contributed by atoms with E-state index in [-0.39, 0.29) is 5.82 Å². The molecule has 0 aliphatic carbocycles. The van der Waals surface area contributed by atoms with Crippen LogP contribution in [0, 0.1) is 6.92 Å². The lowest BCUT2D eigenvalue weighted by Crippen LogP contribution is -2.30. The molecule has 0 saturated carbocycles. The fourth-order valence-electron chi connectivity index (χ4n) is 1.54. The quantitative estimate of drug-likeness (QED) is 0.821. The average molecular weight is 322 g/mol. The normalized spacial score (nSPS) is 11.8. The van der Waals surface area contributed by atoms with Crippen molar-refractivity contribution in [3.05, 3.63) is 28.6 Å². The van der Waals surface area contributed by atoms with Gasteiger partial charge in [-0.1, -0.05) is 6.07 Å². The van der Waals surface area contributed by atoms with E-state index in [1.54, 1.807) is 34.8 Å². The van der Waals surface area contributed by atoms with Gasteiger partial charge in [-0.3, -0.25) is 9.20 Å². The third-order valence-electron chi connectivity index (χ3n) is 2.27. The number of hydrogen-bond acceptors (Lipinski definition) is 2.